The van der Waals surface area contributed by atoms with Crippen LogP contribution in [0.25, 0.3) is 0 Å². The van der Waals surface area contributed by atoms with Crippen molar-refractivity contribution in [3.05, 3.63) is 41.5 Å². The number of carboxylic acids is 1. The molecule has 2 rings (SSSR count). The maximum atomic E-state index is 13.7. The highest BCUT2D eigenvalue weighted by molar-refractivity contribution is 5.95. The number of carboxylic acid groups (broad SMARTS) is 1. The lowest BCUT2D eigenvalue weighted by atomic mass is 9.87. The Bertz CT molecular complexity index is 1170. The predicted molar refractivity (Wildman–Crippen MR) is 174 cm³/mol. The maximum Gasteiger partial charge on any atom is 0.326 e. The zero-order chi connectivity index (χ0) is 34.1. The van der Waals surface area contributed by atoms with Crippen LogP contribution < -0.4 is 32.7 Å². The van der Waals surface area contributed by atoms with Crippen molar-refractivity contribution in [2.24, 2.45) is 23.3 Å². The number of carbonyl (C=O) groups excluding carboxylic acids is 4. The third-order valence-corrected chi connectivity index (χ3v) is 8.10. The molecule has 13 nitrogen and oxygen atoms in total. The molecule has 0 heterocycles. The molecule has 4 amide bonds. The molecule has 0 spiro atoms. The highest BCUT2D eigenvalue weighted by atomic mass is 16.5. The summed E-state index contributed by atoms with van der Waals surface area (Å²) in [6.07, 6.45) is 4.20. The molecule has 1 aromatic rings. The van der Waals surface area contributed by atoms with E-state index in [9.17, 15) is 29.1 Å². The minimum atomic E-state index is -1.55. The van der Waals surface area contributed by atoms with Crippen LogP contribution in [0.3, 0.4) is 0 Å². The number of hydrogen-bond donors (Lipinski definition) is 7. The number of unbranched alkanes of at least 4 members (excludes halogenated alkanes) is 1. The van der Waals surface area contributed by atoms with Gasteiger partial charge in [0.05, 0.1) is 6.61 Å². The Morgan fingerprint density at radius 2 is 1.74 bits per heavy atom. The Morgan fingerprint density at radius 1 is 1.02 bits per heavy atom. The minimum Gasteiger partial charge on any atom is -0.480 e. The van der Waals surface area contributed by atoms with Gasteiger partial charge in [-0.05, 0) is 68.9 Å². The number of carbonyl (C=O) groups is 4. The van der Waals surface area contributed by atoms with E-state index in [0.29, 0.717) is 25.3 Å². The average molecular weight is 645 g/mol. The molecule has 0 aromatic heterocycles. The molecule has 0 saturated heterocycles. The third kappa shape index (κ3) is 13.7. The average Bonchev–Trinajstić information content (AvgIpc) is 3.02. The first kappa shape index (κ1) is 38.4. The van der Waals surface area contributed by atoms with Crippen LogP contribution in [0.1, 0.15) is 84.1 Å². The largest absolute Gasteiger partial charge is 0.480 e. The summed E-state index contributed by atoms with van der Waals surface area (Å²) in [7, 11) is 0. The number of aliphatic carboxylic acids is 1. The van der Waals surface area contributed by atoms with E-state index in [0.717, 1.165) is 31.2 Å². The van der Waals surface area contributed by atoms with E-state index in [1.165, 1.54) is 0 Å². The molecule has 13 heteroatoms. The van der Waals surface area contributed by atoms with Crippen LogP contribution in [0.4, 0.5) is 4.79 Å². The van der Waals surface area contributed by atoms with Gasteiger partial charge in [0.15, 0.2) is 0 Å². The van der Waals surface area contributed by atoms with Gasteiger partial charge in [0.25, 0.3) is 0 Å². The fourth-order valence-electron chi connectivity index (χ4n) is 5.43. The van der Waals surface area contributed by atoms with Crippen LogP contribution in [0.15, 0.2) is 35.9 Å². The fraction of sp³-hybridized carbons (Fsp3) is 0.636. The molecule has 256 valence electrons. The van der Waals surface area contributed by atoms with Gasteiger partial charge in [-0.2, -0.15) is 0 Å². The van der Waals surface area contributed by atoms with E-state index in [1.54, 1.807) is 19.8 Å². The number of amides is 4. The van der Waals surface area contributed by atoms with E-state index >= 15 is 0 Å². The SMILES string of the molecule is CC1CCCC(NC(=O)C(NC(=O)C(NC(=O)NC(CCCCN)C(=O)O)C(=C=O)CCC(N)OCc2ccccc2)C(C)C)C1. The van der Waals surface area contributed by atoms with Gasteiger partial charge in [0.1, 0.15) is 30.3 Å². The smallest absolute Gasteiger partial charge is 0.326 e. The molecule has 1 saturated carbocycles. The first-order chi connectivity index (χ1) is 21.9. The van der Waals surface area contributed by atoms with Crippen molar-refractivity contribution in [1.82, 2.24) is 21.3 Å². The third-order valence-electron chi connectivity index (χ3n) is 8.10. The normalized spacial score (nSPS) is 18.7. The van der Waals surface area contributed by atoms with Gasteiger partial charge in [-0.1, -0.05) is 63.9 Å². The Labute approximate surface area is 271 Å². The molecule has 1 aliphatic rings. The van der Waals surface area contributed by atoms with E-state index in [4.69, 9.17) is 16.2 Å². The molecule has 46 heavy (non-hydrogen) atoms. The second-order valence-electron chi connectivity index (χ2n) is 12.4. The number of rotatable bonds is 19. The number of ether oxygens (including phenoxy) is 1. The van der Waals surface area contributed by atoms with E-state index in [1.807, 2.05) is 30.3 Å². The van der Waals surface area contributed by atoms with Crippen molar-refractivity contribution in [3.63, 3.8) is 0 Å². The highest BCUT2D eigenvalue weighted by Gasteiger charge is 2.33. The first-order valence-electron chi connectivity index (χ1n) is 16.2. The second kappa shape index (κ2) is 20.4. The van der Waals surface area contributed by atoms with Gasteiger partial charge >= 0.3 is 12.0 Å². The molecular weight excluding hydrogens is 592 g/mol. The van der Waals surface area contributed by atoms with Gasteiger partial charge in [-0.3, -0.25) is 9.59 Å². The van der Waals surface area contributed by atoms with Crippen molar-refractivity contribution >= 4 is 29.8 Å². The van der Waals surface area contributed by atoms with Crippen molar-refractivity contribution in [1.29, 1.82) is 0 Å². The van der Waals surface area contributed by atoms with E-state index in [2.05, 4.69) is 28.2 Å². The molecule has 1 aliphatic carbocycles. The molecule has 0 aliphatic heterocycles. The lowest BCUT2D eigenvalue weighted by Crippen LogP contribution is -2.59. The topological polar surface area (TPSA) is 215 Å². The molecule has 9 N–H and O–H groups in total. The Morgan fingerprint density at radius 3 is 2.35 bits per heavy atom. The Kier molecular flexibility index (Phi) is 17.0. The van der Waals surface area contributed by atoms with Crippen LogP contribution in [0.5, 0.6) is 0 Å². The minimum absolute atomic E-state index is 0.0101. The Hall–Kier alpha value is -3.77. The van der Waals surface area contributed by atoms with Crippen LogP contribution in [0, 0.1) is 11.8 Å². The summed E-state index contributed by atoms with van der Waals surface area (Å²) in [6.45, 7) is 6.30. The second-order valence-corrected chi connectivity index (χ2v) is 12.4. The lowest BCUT2D eigenvalue weighted by molar-refractivity contribution is -0.139. The summed E-state index contributed by atoms with van der Waals surface area (Å²) in [5.41, 5.74) is 12.4. The molecular formula is C33H52N6O7. The van der Waals surface area contributed by atoms with Crippen molar-refractivity contribution in [3.8, 4) is 0 Å². The fourth-order valence-corrected chi connectivity index (χ4v) is 5.43. The van der Waals surface area contributed by atoms with Crippen LogP contribution in [-0.4, -0.2) is 71.8 Å². The van der Waals surface area contributed by atoms with Crippen molar-refractivity contribution in [2.75, 3.05) is 6.54 Å². The summed E-state index contributed by atoms with van der Waals surface area (Å²) in [5, 5.41) is 20.1. The molecule has 0 bridgehead atoms. The summed E-state index contributed by atoms with van der Waals surface area (Å²) >= 11 is 0. The summed E-state index contributed by atoms with van der Waals surface area (Å²) in [4.78, 5) is 64.0. The summed E-state index contributed by atoms with van der Waals surface area (Å²) in [6, 6.07) is 4.63. The van der Waals surface area contributed by atoms with Gasteiger partial charge < -0.3 is 42.6 Å². The summed E-state index contributed by atoms with van der Waals surface area (Å²) < 4.78 is 5.68. The Balaban J connectivity index is 2.19. The lowest BCUT2D eigenvalue weighted by Gasteiger charge is -2.31. The predicted octanol–water partition coefficient (Wildman–Crippen LogP) is 2.11. The van der Waals surface area contributed by atoms with Gasteiger partial charge in [-0.15, -0.1) is 0 Å². The van der Waals surface area contributed by atoms with E-state index in [-0.39, 0.29) is 49.3 Å². The highest BCUT2D eigenvalue weighted by Crippen LogP contribution is 2.24. The molecule has 1 fully saturated rings. The molecule has 0 radical (unpaired) electrons. The van der Waals surface area contributed by atoms with Crippen LogP contribution in [-0.2, 0) is 30.5 Å². The molecule has 6 atom stereocenters. The van der Waals surface area contributed by atoms with Crippen molar-refractivity contribution in [2.45, 2.75) is 116 Å². The van der Waals surface area contributed by atoms with Gasteiger partial charge in [0, 0.05) is 11.6 Å². The number of urea groups is 1. The van der Waals surface area contributed by atoms with Gasteiger partial charge in [-0.25, -0.2) is 14.4 Å². The standard InChI is InChI=1S/C33H52N6O7/c1-21(2)28(30(41)36-25-13-9-10-22(3)18-25)38-31(42)29(39-33(45)37-26(32(43)44)14-7-8-17-34)24(19-40)15-16-27(35)46-20-23-11-5-4-6-12-23/h4-6,11-12,21-22,25-29H,7-10,13-18,20,34-35H2,1-3H3,(H,36,41)(H,38,42)(H,43,44)(H2,37,39,45). The quantitative estimate of drug-likeness (QED) is 0.0666. The zero-order valence-electron chi connectivity index (χ0n) is 27.3. The number of nitrogens with two attached hydrogens (primary N) is 2. The van der Waals surface area contributed by atoms with Crippen LogP contribution >= 0.6 is 0 Å². The van der Waals surface area contributed by atoms with Gasteiger partial charge in [0.2, 0.25) is 11.8 Å². The number of hydrogen-bond acceptors (Lipinski definition) is 8. The molecule has 1 aromatic carbocycles. The van der Waals surface area contributed by atoms with E-state index < -0.39 is 42.3 Å². The first-order valence-corrected chi connectivity index (χ1v) is 16.2. The summed E-state index contributed by atoms with van der Waals surface area (Å²) in [5.74, 6) is -0.504. The molecule has 6 unspecified atom stereocenters. The van der Waals surface area contributed by atoms with Crippen LogP contribution in [0.2, 0.25) is 0 Å². The monoisotopic (exact) mass is 644 g/mol. The number of nitrogens with one attached hydrogen (secondary N) is 4. The van der Waals surface area contributed by atoms with Crippen molar-refractivity contribution < 1.29 is 33.8 Å². The maximum absolute atomic E-state index is 13.7. The zero-order valence-corrected chi connectivity index (χ0v) is 27.3. The number of benzene rings is 1.